The monoisotopic (exact) mass is 379 g/mol. The van der Waals surface area contributed by atoms with Crippen LogP contribution in [0.3, 0.4) is 0 Å². The SMILES string of the molecule is O=[N+]([O-])c1ccc(Cl)nc1Nc1ccc2c(c1)CCC21SCCS1. The second kappa shape index (κ2) is 6.13. The molecule has 1 N–H and O–H groups in total. The van der Waals surface area contributed by atoms with E-state index in [2.05, 4.69) is 22.4 Å². The molecule has 2 aromatic rings. The summed E-state index contributed by atoms with van der Waals surface area (Å²) in [6, 6.07) is 8.98. The zero-order valence-electron chi connectivity index (χ0n) is 12.6. The van der Waals surface area contributed by atoms with Crippen molar-refractivity contribution in [3.63, 3.8) is 0 Å². The third-order valence-corrected chi connectivity index (χ3v) is 8.07. The number of hydrogen-bond donors (Lipinski definition) is 1. The minimum absolute atomic E-state index is 0.0849. The Morgan fingerprint density at radius 1 is 1.25 bits per heavy atom. The number of nitro groups is 1. The van der Waals surface area contributed by atoms with Gasteiger partial charge in [-0.1, -0.05) is 17.7 Å². The Hall–Kier alpha value is -1.44. The summed E-state index contributed by atoms with van der Waals surface area (Å²) in [5, 5.41) is 14.4. The van der Waals surface area contributed by atoms with Crippen molar-refractivity contribution in [2.45, 2.75) is 16.9 Å². The fraction of sp³-hybridized carbons (Fsp3) is 0.312. The van der Waals surface area contributed by atoms with Crippen LogP contribution in [0.5, 0.6) is 0 Å². The number of thioether (sulfide) groups is 2. The first-order chi connectivity index (χ1) is 11.6. The Bertz CT molecular complexity index is 825. The smallest absolute Gasteiger partial charge is 0.311 e. The molecule has 8 heteroatoms. The molecule has 2 heterocycles. The quantitative estimate of drug-likeness (QED) is 0.461. The summed E-state index contributed by atoms with van der Waals surface area (Å²) in [5.41, 5.74) is 3.43. The number of aryl methyl sites for hydroxylation is 1. The van der Waals surface area contributed by atoms with Crippen molar-refractivity contribution >= 4 is 52.3 Å². The van der Waals surface area contributed by atoms with Crippen molar-refractivity contribution in [2.75, 3.05) is 16.8 Å². The second-order valence-corrected chi connectivity index (χ2v) is 9.14. The Balaban J connectivity index is 1.66. The number of nitrogens with zero attached hydrogens (tertiary/aromatic N) is 2. The number of aromatic nitrogens is 1. The minimum Gasteiger partial charge on any atom is -0.334 e. The average molecular weight is 380 g/mol. The van der Waals surface area contributed by atoms with Gasteiger partial charge in [-0.15, -0.1) is 23.5 Å². The van der Waals surface area contributed by atoms with Crippen LogP contribution in [0.4, 0.5) is 17.2 Å². The molecule has 24 heavy (non-hydrogen) atoms. The standard InChI is InChI=1S/C16H14ClN3O2S2/c17-14-4-3-13(20(21)22)15(19-14)18-11-1-2-12-10(9-11)5-6-16(12)23-7-8-24-16/h1-4,9H,5-8H2,(H,18,19). The summed E-state index contributed by atoms with van der Waals surface area (Å²) in [5.74, 6) is 2.57. The maximum Gasteiger partial charge on any atom is 0.311 e. The normalized spacial score (nSPS) is 17.9. The highest BCUT2D eigenvalue weighted by molar-refractivity contribution is 8.20. The van der Waals surface area contributed by atoms with E-state index in [9.17, 15) is 10.1 Å². The van der Waals surface area contributed by atoms with E-state index in [1.807, 2.05) is 29.6 Å². The number of nitrogens with one attached hydrogen (secondary N) is 1. The van der Waals surface area contributed by atoms with Gasteiger partial charge in [0, 0.05) is 23.3 Å². The maximum absolute atomic E-state index is 11.2. The van der Waals surface area contributed by atoms with E-state index < -0.39 is 4.92 Å². The highest BCUT2D eigenvalue weighted by Gasteiger charge is 2.42. The molecule has 0 radical (unpaired) electrons. The first kappa shape index (κ1) is 16.1. The third kappa shape index (κ3) is 2.74. The van der Waals surface area contributed by atoms with Gasteiger partial charge in [0.1, 0.15) is 5.15 Å². The second-order valence-electron chi connectivity index (χ2n) is 5.71. The Morgan fingerprint density at radius 3 is 2.79 bits per heavy atom. The van der Waals surface area contributed by atoms with Gasteiger partial charge < -0.3 is 5.32 Å². The molecule has 0 atom stereocenters. The van der Waals surface area contributed by atoms with Crippen molar-refractivity contribution in [2.24, 2.45) is 0 Å². The lowest BCUT2D eigenvalue weighted by Gasteiger charge is -2.22. The topological polar surface area (TPSA) is 68.1 Å². The van der Waals surface area contributed by atoms with Crippen LogP contribution < -0.4 is 5.32 Å². The molecular formula is C16H14ClN3O2S2. The first-order valence-corrected chi connectivity index (χ1v) is 9.92. The van der Waals surface area contributed by atoms with Crippen molar-refractivity contribution in [3.8, 4) is 0 Å². The zero-order chi connectivity index (χ0) is 16.7. The van der Waals surface area contributed by atoms with E-state index in [1.165, 1.54) is 34.8 Å². The molecule has 5 nitrogen and oxygen atoms in total. The molecular weight excluding hydrogens is 366 g/mol. The summed E-state index contributed by atoms with van der Waals surface area (Å²) >= 11 is 9.96. The van der Waals surface area contributed by atoms with Crippen LogP contribution in [0.2, 0.25) is 5.15 Å². The van der Waals surface area contributed by atoms with E-state index in [-0.39, 0.29) is 20.7 Å². The van der Waals surface area contributed by atoms with Crippen molar-refractivity contribution < 1.29 is 4.92 Å². The molecule has 0 unspecified atom stereocenters. The van der Waals surface area contributed by atoms with Crippen LogP contribution in [-0.2, 0) is 10.5 Å². The van der Waals surface area contributed by atoms with E-state index in [4.69, 9.17) is 11.6 Å². The summed E-state index contributed by atoms with van der Waals surface area (Å²) in [6.45, 7) is 0. The molecule has 1 fully saturated rings. The van der Waals surface area contributed by atoms with Gasteiger partial charge in [0.2, 0.25) is 5.82 Å². The van der Waals surface area contributed by atoms with E-state index in [0.717, 1.165) is 18.5 Å². The maximum atomic E-state index is 11.2. The highest BCUT2D eigenvalue weighted by atomic mass is 35.5. The summed E-state index contributed by atoms with van der Waals surface area (Å²) in [6.07, 6.45) is 2.19. The Kier molecular flexibility index (Phi) is 4.10. The number of hydrogen-bond acceptors (Lipinski definition) is 6. The van der Waals surface area contributed by atoms with Crippen molar-refractivity contribution in [1.29, 1.82) is 0 Å². The van der Waals surface area contributed by atoms with Gasteiger partial charge in [-0.25, -0.2) is 4.98 Å². The number of fused-ring (bicyclic) bond motifs is 2. The molecule has 0 amide bonds. The fourth-order valence-corrected chi connectivity index (χ4v) is 6.75. The molecule has 2 aliphatic rings. The molecule has 0 bridgehead atoms. The zero-order valence-corrected chi connectivity index (χ0v) is 15.0. The fourth-order valence-electron chi connectivity index (χ4n) is 3.24. The average Bonchev–Trinajstić information content (AvgIpc) is 3.16. The minimum atomic E-state index is -0.459. The van der Waals surface area contributed by atoms with Crippen molar-refractivity contribution in [3.05, 3.63) is 56.7 Å². The van der Waals surface area contributed by atoms with Crippen LogP contribution in [-0.4, -0.2) is 21.4 Å². The van der Waals surface area contributed by atoms with E-state index in [1.54, 1.807) is 0 Å². The van der Waals surface area contributed by atoms with Gasteiger partial charge in [-0.2, -0.15) is 0 Å². The van der Waals surface area contributed by atoms with Crippen LogP contribution in [0, 0.1) is 10.1 Å². The van der Waals surface area contributed by atoms with Gasteiger partial charge in [-0.05, 0) is 42.2 Å². The van der Waals surface area contributed by atoms with E-state index in [0.29, 0.717) is 0 Å². The summed E-state index contributed by atoms with van der Waals surface area (Å²) < 4.78 is 0.216. The first-order valence-electron chi connectivity index (χ1n) is 7.57. The number of halogens is 1. The van der Waals surface area contributed by atoms with E-state index >= 15 is 0 Å². The molecule has 1 spiro atoms. The highest BCUT2D eigenvalue weighted by Crippen LogP contribution is 2.59. The predicted molar refractivity (Wildman–Crippen MR) is 101 cm³/mol. The Labute approximate surface area is 152 Å². The molecule has 124 valence electrons. The van der Waals surface area contributed by atoms with Gasteiger partial charge in [0.05, 0.1) is 9.00 Å². The van der Waals surface area contributed by atoms with Crippen LogP contribution >= 0.6 is 35.1 Å². The third-order valence-electron chi connectivity index (χ3n) is 4.29. The van der Waals surface area contributed by atoms with Gasteiger partial charge in [-0.3, -0.25) is 10.1 Å². The molecule has 4 rings (SSSR count). The lowest BCUT2D eigenvalue weighted by atomic mass is 10.1. The van der Waals surface area contributed by atoms with Gasteiger partial charge in [0.25, 0.3) is 0 Å². The van der Waals surface area contributed by atoms with Crippen LogP contribution in [0.15, 0.2) is 30.3 Å². The molecule has 0 saturated carbocycles. The molecule has 1 aromatic carbocycles. The molecule has 1 saturated heterocycles. The van der Waals surface area contributed by atoms with Gasteiger partial charge >= 0.3 is 5.69 Å². The van der Waals surface area contributed by atoms with Crippen LogP contribution in [0.25, 0.3) is 0 Å². The van der Waals surface area contributed by atoms with Crippen LogP contribution in [0.1, 0.15) is 17.5 Å². The van der Waals surface area contributed by atoms with Crippen molar-refractivity contribution in [1.82, 2.24) is 4.98 Å². The number of benzene rings is 1. The molecule has 1 aliphatic heterocycles. The lowest BCUT2D eigenvalue weighted by Crippen LogP contribution is -2.09. The molecule has 1 aromatic heterocycles. The number of pyridine rings is 1. The number of rotatable bonds is 3. The van der Waals surface area contributed by atoms with Gasteiger partial charge in [0.15, 0.2) is 0 Å². The largest absolute Gasteiger partial charge is 0.334 e. The summed E-state index contributed by atoms with van der Waals surface area (Å²) in [4.78, 5) is 14.8. The lowest BCUT2D eigenvalue weighted by molar-refractivity contribution is -0.384. The Morgan fingerprint density at radius 2 is 2.04 bits per heavy atom. The molecule has 1 aliphatic carbocycles. The summed E-state index contributed by atoms with van der Waals surface area (Å²) in [7, 11) is 0. The number of anilines is 2. The predicted octanol–water partition coefficient (Wildman–Crippen LogP) is 4.97.